The van der Waals surface area contributed by atoms with Crippen LogP contribution in [0.4, 0.5) is 0 Å². The van der Waals surface area contributed by atoms with E-state index in [0.717, 1.165) is 6.42 Å². The van der Waals surface area contributed by atoms with Crippen LogP contribution < -0.4 is 0 Å². The van der Waals surface area contributed by atoms with E-state index >= 15 is 0 Å². The summed E-state index contributed by atoms with van der Waals surface area (Å²) < 4.78 is 10.8. The molecule has 0 aliphatic heterocycles. The summed E-state index contributed by atoms with van der Waals surface area (Å²) in [5.41, 5.74) is 2.42. The van der Waals surface area contributed by atoms with Crippen molar-refractivity contribution in [3.05, 3.63) is 41.5 Å². The Morgan fingerprint density at radius 2 is 1.74 bits per heavy atom. The van der Waals surface area contributed by atoms with Crippen molar-refractivity contribution in [2.75, 3.05) is 14.2 Å². The van der Waals surface area contributed by atoms with Crippen LogP contribution in [0.5, 0.6) is 0 Å². The molecular weight excluding hydrogens is 236 g/mol. The van der Waals surface area contributed by atoms with Crippen LogP contribution in [0.3, 0.4) is 0 Å². The summed E-state index contributed by atoms with van der Waals surface area (Å²) in [6.07, 6.45) is 7.99. The maximum atomic E-state index is 5.40. The van der Waals surface area contributed by atoms with Crippen molar-refractivity contribution >= 4 is 6.08 Å². The van der Waals surface area contributed by atoms with Gasteiger partial charge >= 0.3 is 0 Å². The van der Waals surface area contributed by atoms with Crippen LogP contribution in [0.15, 0.2) is 35.9 Å². The third-order valence-corrected chi connectivity index (χ3v) is 3.20. The van der Waals surface area contributed by atoms with Gasteiger partial charge in [-0.3, -0.25) is 0 Å². The smallest absolute Gasteiger partial charge is 0.179 e. The number of hydrogen-bond acceptors (Lipinski definition) is 2. The Bertz CT molecular complexity index is 353. The first-order valence-corrected chi connectivity index (χ1v) is 7.13. The minimum atomic E-state index is -0.234. The molecule has 0 saturated carbocycles. The van der Waals surface area contributed by atoms with Gasteiger partial charge in [0, 0.05) is 14.2 Å². The quantitative estimate of drug-likeness (QED) is 0.476. The topological polar surface area (TPSA) is 18.5 Å². The molecule has 1 aromatic rings. The van der Waals surface area contributed by atoms with Crippen molar-refractivity contribution in [3.8, 4) is 0 Å². The first-order chi connectivity index (χ1) is 9.31. The lowest BCUT2D eigenvalue weighted by molar-refractivity contribution is -0.0760. The third-order valence-electron chi connectivity index (χ3n) is 3.20. The molecule has 0 aromatic heterocycles. The maximum Gasteiger partial charge on any atom is 0.179 e. The second-order valence-corrected chi connectivity index (χ2v) is 4.74. The Balaban J connectivity index is 2.71. The Kier molecular flexibility index (Phi) is 8.19. The lowest BCUT2D eigenvalue weighted by Crippen LogP contribution is -2.16. The van der Waals surface area contributed by atoms with Gasteiger partial charge in [-0.2, -0.15) is 0 Å². The van der Waals surface area contributed by atoms with Crippen LogP contribution in [0.25, 0.3) is 6.08 Å². The lowest BCUT2D eigenvalue weighted by atomic mass is 10.0. The van der Waals surface area contributed by atoms with E-state index in [1.54, 1.807) is 14.2 Å². The Labute approximate surface area is 117 Å². The van der Waals surface area contributed by atoms with Gasteiger partial charge in [0.25, 0.3) is 0 Å². The molecule has 2 heteroatoms. The molecule has 19 heavy (non-hydrogen) atoms. The minimum Gasteiger partial charge on any atom is -0.352 e. The van der Waals surface area contributed by atoms with Crippen LogP contribution in [0.1, 0.15) is 44.6 Å². The number of methoxy groups -OCH3 is 2. The summed E-state index contributed by atoms with van der Waals surface area (Å²) in [7, 11) is 3.39. The molecule has 0 amide bonds. The van der Waals surface area contributed by atoms with Crippen molar-refractivity contribution in [3.63, 3.8) is 0 Å². The zero-order chi connectivity index (χ0) is 13.9. The number of unbranched alkanes of at least 4 members (excludes halogenated alkanes) is 3. The van der Waals surface area contributed by atoms with Gasteiger partial charge in [-0.15, -0.1) is 0 Å². The van der Waals surface area contributed by atoms with Crippen molar-refractivity contribution in [1.29, 1.82) is 0 Å². The monoisotopic (exact) mass is 262 g/mol. The predicted molar refractivity (Wildman–Crippen MR) is 81.0 cm³/mol. The van der Waals surface area contributed by atoms with Crippen molar-refractivity contribution < 1.29 is 9.47 Å². The van der Waals surface area contributed by atoms with E-state index in [4.69, 9.17) is 9.47 Å². The molecule has 0 aliphatic rings. The van der Waals surface area contributed by atoms with Gasteiger partial charge in [-0.05, 0) is 24.0 Å². The van der Waals surface area contributed by atoms with Crippen LogP contribution >= 0.6 is 0 Å². The summed E-state index contributed by atoms with van der Waals surface area (Å²) in [6, 6.07) is 10.3. The molecule has 0 fully saturated rings. The molecule has 106 valence electrons. The molecule has 1 rings (SSSR count). The van der Waals surface area contributed by atoms with E-state index in [1.165, 1.54) is 36.8 Å². The molecule has 0 heterocycles. The molecule has 0 atom stereocenters. The molecule has 0 aliphatic carbocycles. The Morgan fingerprint density at radius 1 is 1.05 bits per heavy atom. The third kappa shape index (κ3) is 6.04. The molecule has 2 nitrogen and oxygen atoms in total. The average molecular weight is 262 g/mol. The zero-order valence-electron chi connectivity index (χ0n) is 12.4. The summed E-state index contributed by atoms with van der Waals surface area (Å²) in [5.74, 6) is 0. The van der Waals surface area contributed by atoms with E-state index in [2.05, 4.69) is 37.3 Å². The van der Waals surface area contributed by atoms with Crippen LogP contribution in [0.2, 0.25) is 0 Å². The highest BCUT2D eigenvalue weighted by Gasteiger charge is 2.12. The van der Waals surface area contributed by atoms with Gasteiger partial charge in [-0.25, -0.2) is 0 Å². The predicted octanol–water partition coefficient (Wildman–Crippen LogP) is 4.66. The molecule has 0 saturated heterocycles. The fourth-order valence-electron chi connectivity index (χ4n) is 2.18. The molecule has 0 spiro atoms. The number of benzene rings is 1. The van der Waals surface area contributed by atoms with Gasteiger partial charge in [0.05, 0.1) is 0 Å². The fraction of sp³-hybridized carbons (Fsp3) is 0.529. The summed E-state index contributed by atoms with van der Waals surface area (Å²) in [5, 5.41) is 0. The van der Waals surface area contributed by atoms with E-state index in [-0.39, 0.29) is 6.29 Å². The van der Waals surface area contributed by atoms with Gasteiger partial charge < -0.3 is 9.47 Å². The summed E-state index contributed by atoms with van der Waals surface area (Å²) >= 11 is 0. The normalized spacial score (nSPS) is 12.1. The lowest BCUT2D eigenvalue weighted by Gasteiger charge is -2.17. The first-order valence-electron chi connectivity index (χ1n) is 7.13. The standard InChI is InChI=1S/C17H26O2/c1-4-5-6-10-13-16(17(18-2)19-3)14-15-11-8-7-9-12-15/h7-9,11-12,14,17H,4-6,10,13H2,1-3H3. The van der Waals surface area contributed by atoms with Crippen LogP contribution in [-0.4, -0.2) is 20.5 Å². The van der Waals surface area contributed by atoms with Gasteiger partial charge in [0.15, 0.2) is 6.29 Å². The van der Waals surface area contributed by atoms with E-state index < -0.39 is 0 Å². The fourth-order valence-corrected chi connectivity index (χ4v) is 2.18. The van der Waals surface area contributed by atoms with E-state index in [1.807, 2.05) is 6.07 Å². The SMILES string of the molecule is CCCCCCC(=Cc1ccccc1)C(OC)OC. The number of ether oxygens (including phenoxy) is 2. The first kappa shape index (κ1) is 15.9. The molecule has 1 aromatic carbocycles. The van der Waals surface area contributed by atoms with E-state index in [0.29, 0.717) is 0 Å². The number of hydrogen-bond donors (Lipinski definition) is 0. The Morgan fingerprint density at radius 3 is 2.32 bits per heavy atom. The summed E-state index contributed by atoms with van der Waals surface area (Å²) in [4.78, 5) is 0. The largest absolute Gasteiger partial charge is 0.352 e. The average Bonchev–Trinajstić information content (AvgIpc) is 2.45. The van der Waals surface area contributed by atoms with Gasteiger partial charge in [0.2, 0.25) is 0 Å². The maximum absolute atomic E-state index is 5.40. The highest BCUT2D eigenvalue weighted by Crippen LogP contribution is 2.19. The van der Waals surface area contributed by atoms with Crippen molar-refractivity contribution in [1.82, 2.24) is 0 Å². The van der Waals surface area contributed by atoms with Crippen molar-refractivity contribution in [2.24, 2.45) is 0 Å². The van der Waals surface area contributed by atoms with Gasteiger partial charge in [0.1, 0.15) is 0 Å². The highest BCUT2D eigenvalue weighted by molar-refractivity contribution is 5.53. The number of rotatable bonds is 9. The zero-order valence-corrected chi connectivity index (χ0v) is 12.4. The van der Waals surface area contributed by atoms with E-state index in [9.17, 15) is 0 Å². The second-order valence-electron chi connectivity index (χ2n) is 4.74. The molecule has 0 bridgehead atoms. The highest BCUT2D eigenvalue weighted by atomic mass is 16.7. The van der Waals surface area contributed by atoms with Crippen molar-refractivity contribution in [2.45, 2.75) is 45.3 Å². The molecule has 0 radical (unpaired) electrons. The van der Waals surface area contributed by atoms with Crippen LogP contribution in [0, 0.1) is 0 Å². The minimum absolute atomic E-state index is 0.234. The summed E-state index contributed by atoms with van der Waals surface area (Å²) in [6.45, 7) is 2.23. The molecular formula is C17H26O2. The van der Waals surface area contributed by atoms with Gasteiger partial charge in [-0.1, -0.05) is 62.6 Å². The molecule has 0 N–H and O–H groups in total. The second kappa shape index (κ2) is 9.76. The van der Waals surface area contributed by atoms with Crippen LogP contribution in [-0.2, 0) is 9.47 Å². The molecule has 0 unspecified atom stereocenters. The Hall–Kier alpha value is -1.12.